The average Bonchev–Trinajstić information content (AvgIpc) is 2.36. The van der Waals surface area contributed by atoms with E-state index in [1.54, 1.807) is 11.8 Å². The molecular formula is C16H18Cl2N2S. The summed E-state index contributed by atoms with van der Waals surface area (Å²) in [5, 5.41) is 5.55. The minimum Gasteiger partial charge on any atom is -0.335 e. The molecule has 2 rings (SSSR count). The number of thioether (sulfide) groups is 1. The van der Waals surface area contributed by atoms with Crippen LogP contribution in [0.1, 0.15) is 26.3 Å². The van der Waals surface area contributed by atoms with E-state index in [1.165, 1.54) is 0 Å². The highest BCUT2D eigenvalue weighted by Gasteiger charge is 2.20. The van der Waals surface area contributed by atoms with Crippen molar-refractivity contribution in [1.82, 2.24) is 5.32 Å². The van der Waals surface area contributed by atoms with Gasteiger partial charge in [0.2, 0.25) is 0 Å². The first-order valence-electron chi connectivity index (χ1n) is 6.76. The Kier molecular flexibility index (Phi) is 5.42. The standard InChI is InChI=1S/C16H18Cl2N2S/c1-4-21-15-19-11(10-16(2,3)20-15)8-9-12-13(17)6-5-7-14(12)18/h5-10H,4H2,1-3H3,(H,19,20). The lowest BCUT2D eigenvalue weighted by Gasteiger charge is -2.25. The molecule has 21 heavy (non-hydrogen) atoms. The van der Waals surface area contributed by atoms with Crippen LogP contribution in [0, 0.1) is 0 Å². The van der Waals surface area contributed by atoms with Gasteiger partial charge in [-0.3, -0.25) is 4.99 Å². The number of nitrogens with one attached hydrogen (secondary N) is 1. The maximum atomic E-state index is 6.18. The molecule has 5 heteroatoms. The first kappa shape index (κ1) is 16.5. The monoisotopic (exact) mass is 340 g/mol. The average molecular weight is 341 g/mol. The maximum absolute atomic E-state index is 6.18. The zero-order chi connectivity index (χ0) is 15.5. The van der Waals surface area contributed by atoms with E-state index in [-0.39, 0.29) is 5.54 Å². The van der Waals surface area contributed by atoms with Crippen LogP contribution in [-0.2, 0) is 0 Å². The van der Waals surface area contributed by atoms with Crippen LogP contribution in [0.15, 0.2) is 41.0 Å². The molecule has 1 aromatic rings. The summed E-state index contributed by atoms with van der Waals surface area (Å²) in [6.45, 7) is 6.28. The molecule has 2 nitrogen and oxygen atoms in total. The highest BCUT2D eigenvalue weighted by atomic mass is 35.5. The number of hydrogen-bond acceptors (Lipinski definition) is 3. The minimum absolute atomic E-state index is 0.216. The van der Waals surface area contributed by atoms with Crippen LogP contribution in [0.3, 0.4) is 0 Å². The fourth-order valence-corrected chi connectivity index (χ4v) is 3.29. The van der Waals surface area contributed by atoms with Gasteiger partial charge >= 0.3 is 0 Å². The summed E-state index contributed by atoms with van der Waals surface area (Å²) in [6, 6.07) is 5.50. The number of hydrogen-bond donors (Lipinski definition) is 1. The maximum Gasteiger partial charge on any atom is 0.161 e. The van der Waals surface area contributed by atoms with Gasteiger partial charge in [0.1, 0.15) is 0 Å². The van der Waals surface area contributed by atoms with Gasteiger partial charge in [-0.1, -0.05) is 48.0 Å². The zero-order valence-electron chi connectivity index (χ0n) is 12.3. The van der Waals surface area contributed by atoms with Gasteiger partial charge < -0.3 is 5.32 Å². The molecule has 0 atom stereocenters. The summed E-state index contributed by atoms with van der Waals surface area (Å²) in [7, 11) is 0. The van der Waals surface area contributed by atoms with Gasteiger partial charge in [-0.05, 0) is 50.0 Å². The quantitative estimate of drug-likeness (QED) is 0.798. The van der Waals surface area contributed by atoms with Crippen molar-refractivity contribution >= 4 is 46.2 Å². The number of nitrogens with zero attached hydrogens (tertiary/aromatic N) is 1. The van der Waals surface area contributed by atoms with Crippen LogP contribution in [0.2, 0.25) is 10.0 Å². The first-order chi connectivity index (χ1) is 9.91. The van der Waals surface area contributed by atoms with Gasteiger partial charge in [-0.2, -0.15) is 0 Å². The molecule has 1 heterocycles. The Hall–Kier alpha value is -0.900. The number of halogens is 2. The van der Waals surface area contributed by atoms with E-state index in [0.29, 0.717) is 10.0 Å². The fourth-order valence-electron chi connectivity index (χ4n) is 2.00. The van der Waals surface area contributed by atoms with E-state index in [9.17, 15) is 0 Å². The topological polar surface area (TPSA) is 24.4 Å². The van der Waals surface area contributed by atoms with Crippen LogP contribution in [-0.4, -0.2) is 16.5 Å². The van der Waals surface area contributed by atoms with Crippen LogP contribution >= 0.6 is 35.0 Å². The van der Waals surface area contributed by atoms with Crippen LogP contribution in [0.5, 0.6) is 0 Å². The fraction of sp³-hybridized carbons (Fsp3) is 0.312. The number of benzene rings is 1. The molecule has 0 aromatic heterocycles. The van der Waals surface area contributed by atoms with Crippen LogP contribution in [0.4, 0.5) is 0 Å². The normalized spacial score (nSPS) is 17.4. The van der Waals surface area contributed by atoms with Crippen LogP contribution < -0.4 is 5.32 Å². The second kappa shape index (κ2) is 6.91. The molecule has 1 aliphatic rings. The highest BCUT2D eigenvalue weighted by Crippen LogP contribution is 2.27. The molecule has 0 spiro atoms. The highest BCUT2D eigenvalue weighted by molar-refractivity contribution is 8.13. The zero-order valence-corrected chi connectivity index (χ0v) is 14.6. The summed E-state index contributed by atoms with van der Waals surface area (Å²) in [5.41, 5.74) is 1.61. The van der Waals surface area contributed by atoms with Crippen molar-refractivity contribution in [3.05, 3.63) is 51.7 Å². The Labute approximate surface area is 140 Å². The summed E-state index contributed by atoms with van der Waals surface area (Å²) >= 11 is 14.1. The summed E-state index contributed by atoms with van der Waals surface area (Å²) in [6.07, 6.45) is 6.01. The molecule has 1 aromatic carbocycles. The lowest BCUT2D eigenvalue weighted by molar-refractivity contribution is 0.639. The Morgan fingerprint density at radius 3 is 2.52 bits per heavy atom. The molecule has 0 radical (unpaired) electrons. The molecule has 1 aliphatic heterocycles. The van der Waals surface area contributed by atoms with Crippen molar-refractivity contribution in [3.8, 4) is 0 Å². The van der Waals surface area contributed by atoms with Crippen molar-refractivity contribution in [2.24, 2.45) is 4.99 Å². The summed E-state index contributed by atoms with van der Waals surface area (Å²) in [5.74, 6) is 0.981. The predicted octanol–water partition coefficient (Wildman–Crippen LogP) is 5.38. The minimum atomic E-state index is -0.216. The third kappa shape index (κ3) is 4.53. The van der Waals surface area contributed by atoms with Crippen molar-refractivity contribution in [3.63, 3.8) is 0 Å². The van der Waals surface area contributed by atoms with Gasteiger partial charge in [0.15, 0.2) is 5.17 Å². The third-order valence-corrected chi connectivity index (χ3v) is 4.27. The van der Waals surface area contributed by atoms with E-state index >= 15 is 0 Å². The van der Waals surface area contributed by atoms with Gasteiger partial charge in [-0.15, -0.1) is 0 Å². The van der Waals surface area contributed by atoms with Gasteiger partial charge in [0.05, 0.1) is 5.54 Å². The summed E-state index contributed by atoms with van der Waals surface area (Å²) in [4.78, 5) is 4.65. The Morgan fingerprint density at radius 1 is 1.24 bits per heavy atom. The number of allylic oxidation sites excluding steroid dienone is 1. The van der Waals surface area contributed by atoms with Gasteiger partial charge in [0.25, 0.3) is 0 Å². The third-order valence-electron chi connectivity index (χ3n) is 2.86. The second-order valence-corrected chi connectivity index (χ2v) is 7.26. The molecule has 0 aliphatic carbocycles. The molecule has 0 saturated carbocycles. The lowest BCUT2D eigenvalue weighted by atomic mass is 10.0. The SMILES string of the molecule is CCSC1=NC(C)(C)C=C(C=Cc2c(Cl)cccc2Cl)N1. The van der Waals surface area contributed by atoms with Crippen molar-refractivity contribution in [2.75, 3.05) is 5.75 Å². The molecule has 0 unspecified atom stereocenters. The van der Waals surface area contributed by atoms with E-state index < -0.39 is 0 Å². The summed E-state index contributed by atoms with van der Waals surface area (Å²) < 4.78 is 0. The number of aliphatic imine (C=N–C) groups is 1. The smallest absolute Gasteiger partial charge is 0.161 e. The molecule has 112 valence electrons. The van der Waals surface area contributed by atoms with E-state index in [2.05, 4.69) is 37.2 Å². The Bertz CT molecular complexity index is 598. The van der Waals surface area contributed by atoms with Gasteiger partial charge in [0, 0.05) is 21.3 Å². The van der Waals surface area contributed by atoms with Crippen molar-refractivity contribution in [2.45, 2.75) is 26.3 Å². The predicted molar refractivity (Wildman–Crippen MR) is 96.4 cm³/mol. The largest absolute Gasteiger partial charge is 0.335 e. The Balaban J connectivity index is 2.23. The van der Waals surface area contributed by atoms with E-state index in [0.717, 1.165) is 22.2 Å². The number of amidine groups is 1. The molecule has 0 saturated heterocycles. The Morgan fingerprint density at radius 2 is 1.90 bits per heavy atom. The first-order valence-corrected chi connectivity index (χ1v) is 8.50. The van der Waals surface area contributed by atoms with Crippen molar-refractivity contribution in [1.29, 1.82) is 0 Å². The van der Waals surface area contributed by atoms with Crippen molar-refractivity contribution < 1.29 is 0 Å². The van der Waals surface area contributed by atoms with Crippen LogP contribution in [0.25, 0.3) is 6.08 Å². The van der Waals surface area contributed by atoms with E-state index in [4.69, 9.17) is 23.2 Å². The lowest BCUT2D eigenvalue weighted by Crippen LogP contribution is -2.31. The van der Waals surface area contributed by atoms with E-state index in [1.807, 2.05) is 30.4 Å². The molecule has 0 bridgehead atoms. The molecule has 0 fully saturated rings. The molecular weight excluding hydrogens is 323 g/mol. The number of rotatable bonds is 3. The van der Waals surface area contributed by atoms with Gasteiger partial charge in [-0.25, -0.2) is 0 Å². The second-order valence-electron chi connectivity index (χ2n) is 5.20. The molecule has 0 amide bonds. The molecule has 1 N–H and O–H groups in total.